The minimum atomic E-state index is -4.55. The molecule has 0 N–H and O–H groups in total. The van der Waals surface area contributed by atoms with E-state index >= 15 is 0 Å². The molecule has 5 aromatic carbocycles. The lowest BCUT2D eigenvalue weighted by atomic mass is 9.80. The number of nitrogens with zero attached hydrogens (tertiary/aromatic N) is 2. The Morgan fingerprint density at radius 1 is 0.643 bits per heavy atom. The van der Waals surface area contributed by atoms with E-state index in [4.69, 9.17) is 4.74 Å². The van der Waals surface area contributed by atoms with E-state index in [1.54, 1.807) is 48.5 Å². The number of halogens is 3. The van der Waals surface area contributed by atoms with Gasteiger partial charge in [0, 0.05) is 5.56 Å². The molecule has 5 rings (SSSR count). The minimum Gasteiger partial charge on any atom is -0.465 e. The molecule has 7 heteroatoms. The Bertz CT molecular complexity index is 1860. The Labute approximate surface area is 240 Å². The first-order valence-electron chi connectivity index (χ1n) is 12.8. The van der Waals surface area contributed by atoms with E-state index in [2.05, 4.69) is 12.1 Å². The summed E-state index contributed by atoms with van der Waals surface area (Å²) in [5, 5.41) is 19.0. The molecule has 0 saturated heterocycles. The van der Waals surface area contributed by atoms with Crippen LogP contribution in [0.1, 0.15) is 27.0 Å². The largest absolute Gasteiger partial charge is 0.465 e. The zero-order valence-corrected chi connectivity index (χ0v) is 22.2. The van der Waals surface area contributed by atoms with E-state index in [9.17, 15) is 28.5 Å². The van der Waals surface area contributed by atoms with Crippen LogP contribution in [-0.2, 0) is 10.9 Å². The average molecular weight is 559 g/mol. The van der Waals surface area contributed by atoms with Crippen molar-refractivity contribution in [3.63, 3.8) is 0 Å². The van der Waals surface area contributed by atoms with E-state index in [0.29, 0.717) is 55.6 Å². The van der Waals surface area contributed by atoms with Crippen molar-refractivity contribution >= 4 is 5.97 Å². The first kappa shape index (κ1) is 27.9. The summed E-state index contributed by atoms with van der Waals surface area (Å²) in [5.41, 5.74) is 4.51. The molecule has 0 radical (unpaired) electrons. The zero-order valence-electron chi connectivity index (χ0n) is 22.2. The molecule has 5 aromatic rings. The van der Waals surface area contributed by atoms with Gasteiger partial charge in [0.25, 0.3) is 0 Å². The predicted octanol–water partition coefficient (Wildman–Crippen LogP) is 8.90. The smallest absolute Gasteiger partial charge is 0.416 e. The number of hydrogen-bond donors (Lipinski definition) is 0. The van der Waals surface area contributed by atoms with Gasteiger partial charge in [-0.3, -0.25) is 0 Å². The molecule has 0 saturated carbocycles. The number of alkyl halides is 3. The molecule has 0 aromatic heterocycles. The molecule has 0 aliphatic carbocycles. The fourth-order valence-corrected chi connectivity index (χ4v) is 4.95. The van der Waals surface area contributed by atoms with E-state index in [0.717, 1.165) is 12.1 Å². The highest BCUT2D eigenvalue weighted by molar-refractivity contribution is 6.11. The molecule has 0 bridgehead atoms. The molecule has 4 nitrogen and oxygen atoms in total. The van der Waals surface area contributed by atoms with Crippen molar-refractivity contribution in [1.82, 2.24) is 0 Å². The summed E-state index contributed by atoms with van der Waals surface area (Å²) in [5.74, 6) is -0.673. The van der Waals surface area contributed by atoms with Crippen molar-refractivity contribution in [1.29, 1.82) is 10.5 Å². The van der Waals surface area contributed by atoms with Gasteiger partial charge < -0.3 is 4.74 Å². The molecule has 0 spiro atoms. The summed E-state index contributed by atoms with van der Waals surface area (Å²) in [6.07, 6.45) is -4.55. The number of benzene rings is 5. The molecule has 0 amide bonds. The van der Waals surface area contributed by atoms with Gasteiger partial charge in [-0.1, -0.05) is 66.7 Å². The van der Waals surface area contributed by atoms with Gasteiger partial charge in [-0.2, -0.15) is 23.7 Å². The fraction of sp³-hybridized carbons (Fsp3) is 0.0571. The standard InChI is InChI=1S/C35H21F3N2O2/c1-42-34(41)33-30(24-7-3-2-4-8-24)19-29(25-12-10-22(20-39)11-13-25)31(27-9-5-6-23(18-27)21-40)32(33)26-14-16-28(17-15-26)35(36,37)38/h2-19H,1H3. The third-order valence-corrected chi connectivity index (χ3v) is 6.91. The normalized spacial score (nSPS) is 10.9. The number of rotatable bonds is 5. The summed E-state index contributed by atoms with van der Waals surface area (Å²) in [7, 11) is 1.25. The molecule has 0 aliphatic heterocycles. The topological polar surface area (TPSA) is 73.9 Å². The fourth-order valence-electron chi connectivity index (χ4n) is 4.95. The Kier molecular flexibility index (Phi) is 7.60. The van der Waals surface area contributed by atoms with E-state index < -0.39 is 17.7 Å². The molecule has 0 aliphatic rings. The van der Waals surface area contributed by atoms with Gasteiger partial charge in [0.15, 0.2) is 0 Å². The molecular weight excluding hydrogens is 537 g/mol. The summed E-state index contributed by atoms with van der Waals surface area (Å²) < 4.78 is 45.8. The van der Waals surface area contributed by atoms with Crippen LogP contribution in [0.4, 0.5) is 13.2 Å². The van der Waals surface area contributed by atoms with Crippen LogP contribution in [0.3, 0.4) is 0 Å². The van der Waals surface area contributed by atoms with Crippen molar-refractivity contribution in [2.75, 3.05) is 7.11 Å². The second-order valence-electron chi connectivity index (χ2n) is 9.41. The monoisotopic (exact) mass is 558 g/mol. The first-order valence-corrected chi connectivity index (χ1v) is 12.8. The Hall–Kier alpha value is -5.66. The maximum absolute atomic E-state index is 13.6. The van der Waals surface area contributed by atoms with Gasteiger partial charge in [0.2, 0.25) is 0 Å². The van der Waals surface area contributed by atoms with Gasteiger partial charge >= 0.3 is 12.1 Å². The lowest BCUT2D eigenvalue weighted by Gasteiger charge is -2.23. The van der Waals surface area contributed by atoms with Crippen LogP contribution in [0.5, 0.6) is 0 Å². The SMILES string of the molecule is COC(=O)c1c(-c2ccccc2)cc(-c2ccc(C#N)cc2)c(-c2cccc(C#N)c2)c1-c1ccc(C(F)(F)F)cc1. The minimum absolute atomic E-state index is 0.165. The van der Waals surface area contributed by atoms with Crippen LogP contribution in [0.2, 0.25) is 0 Å². The van der Waals surface area contributed by atoms with E-state index in [-0.39, 0.29) is 5.56 Å². The molecule has 42 heavy (non-hydrogen) atoms. The number of esters is 1. The van der Waals surface area contributed by atoms with Crippen LogP contribution in [0.25, 0.3) is 44.5 Å². The van der Waals surface area contributed by atoms with Crippen LogP contribution in [0, 0.1) is 22.7 Å². The Morgan fingerprint density at radius 2 is 1.24 bits per heavy atom. The lowest BCUT2D eigenvalue weighted by Crippen LogP contribution is -2.09. The van der Waals surface area contributed by atoms with Crippen LogP contribution in [0.15, 0.2) is 109 Å². The third kappa shape index (κ3) is 5.37. The van der Waals surface area contributed by atoms with Crippen LogP contribution >= 0.6 is 0 Å². The zero-order chi connectivity index (χ0) is 29.9. The number of hydrogen-bond acceptors (Lipinski definition) is 4. The van der Waals surface area contributed by atoms with Crippen molar-refractivity contribution < 1.29 is 22.7 Å². The molecule has 0 atom stereocenters. The van der Waals surface area contributed by atoms with Crippen molar-refractivity contribution in [2.24, 2.45) is 0 Å². The lowest BCUT2D eigenvalue weighted by molar-refractivity contribution is -0.137. The van der Waals surface area contributed by atoms with E-state index in [1.807, 2.05) is 36.4 Å². The summed E-state index contributed by atoms with van der Waals surface area (Å²) in [6.45, 7) is 0. The van der Waals surface area contributed by atoms with Crippen molar-refractivity contribution in [3.8, 4) is 56.6 Å². The predicted molar refractivity (Wildman–Crippen MR) is 154 cm³/mol. The van der Waals surface area contributed by atoms with Crippen LogP contribution in [-0.4, -0.2) is 13.1 Å². The quantitative estimate of drug-likeness (QED) is 0.202. The van der Waals surface area contributed by atoms with Gasteiger partial charge in [-0.15, -0.1) is 0 Å². The van der Waals surface area contributed by atoms with Crippen LogP contribution < -0.4 is 0 Å². The number of methoxy groups -OCH3 is 1. The molecular formula is C35H21F3N2O2. The molecule has 204 valence electrons. The molecule has 0 unspecified atom stereocenters. The number of nitriles is 2. The van der Waals surface area contributed by atoms with Gasteiger partial charge in [0.1, 0.15) is 0 Å². The number of ether oxygens (including phenoxy) is 1. The maximum atomic E-state index is 13.6. The third-order valence-electron chi connectivity index (χ3n) is 6.91. The Balaban J connectivity index is 1.99. The summed E-state index contributed by atoms with van der Waals surface area (Å²) in [4.78, 5) is 13.6. The average Bonchev–Trinajstić information content (AvgIpc) is 3.03. The highest BCUT2D eigenvalue weighted by atomic mass is 19.4. The highest BCUT2D eigenvalue weighted by Crippen LogP contribution is 2.47. The highest BCUT2D eigenvalue weighted by Gasteiger charge is 2.31. The van der Waals surface area contributed by atoms with Gasteiger partial charge in [-0.05, 0) is 81.4 Å². The summed E-state index contributed by atoms with van der Waals surface area (Å²) in [6, 6.07) is 33.5. The maximum Gasteiger partial charge on any atom is 0.416 e. The second-order valence-corrected chi connectivity index (χ2v) is 9.41. The van der Waals surface area contributed by atoms with Crippen molar-refractivity contribution in [2.45, 2.75) is 6.18 Å². The Morgan fingerprint density at radius 3 is 1.83 bits per heavy atom. The van der Waals surface area contributed by atoms with E-state index in [1.165, 1.54) is 19.2 Å². The summed E-state index contributed by atoms with van der Waals surface area (Å²) >= 11 is 0. The van der Waals surface area contributed by atoms with Gasteiger partial charge in [-0.25, -0.2) is 4.79 Å². The second kappa shape index (κ2) is 11.4. The van der Waals surface area contributed by atoms with Crippen molar-refractivity contribution in [3.05, 3.63) is 131 Å². The number of carbonyl (C=O) groups is 1. The molecule has 0 heterocycles. The molecule has 0 fully saturated rings. The first-order chi connectivity index (χ1) is 20.2. The van der Waals surface area contributed by atoms with Gasteiger partial charge in [0.05, 0.1) is 41.5 Å². The number of carbonyl (C=O) groups excluding carboxylic acids is 1.